The fourth-order valence-electron chi connectivity index (χ4n) is 1.81. The summed E-state index contributed by atoms with van der Waals surface area (Å²) in [5, 5.41) is 10.8. The van der Waals surface area contributed by atoms with Crippen LogP contribution >= 0.6 is 0 Å². The molecule has 0 N–H and O–H groups in total. The van der Waals surface area contributed by atoms with Crippen molar-refractivity contribution in [1.82, 2.24) is 0 Å². The highest BCUT2D eigenvalue weighted by Gasteiger charge is 2.73. The molecule has 0 saturated carbocycles. The number of nitrogens with zero attached hydrogens (tertiary/aromatic N) is 1. The summed E-state index contributed by atoms with van der Waals surface area (Å²) in [6.45, 7) is 0. The number of nitro groups is 1. The number of ether oxygens (including phenoxy) is 1. The number of methoxy groups -OCH3 is 1. The minimum Gasteiger partial charge on any atom is -0.376 e. The highest BCUT2D eigenvalue weighted by Crippen LogP contribution is 2.50. The second-order valence-electron chi connectivity index (χ2n) is 4.52. The third kappa shape index (κ3) is 3.71. The second-order valence-corrected chi connectivity index (χ2v) is 4.52. The van der Waals surface area contributed by atoms with Gasteiger partial charge in [-0.05, 0) is 6.07 Å². The van der Waals surface area contributed by atoms with E-state index in [0.717, 1.165) is 19.2 Å². The van der Waals surface area contributed by atoms with Crippen LogP contribution in [-0.4, -0.2) is 30.1 Å². The van der Waals surface area contributed by atoms with Crippen molar-refractivity contribution in [1.29, 1.82) is 0 Å². The third-order valence-electron chi connectivity index (χ3n) is 3.02. The van der Waals surface area contributed by atoms with Crippen LogP contribution in [0.15, 0.2) is 24.3 Å². The summed E-state index contributed by atoms with van der Waals surface area (Å²) in [6.07, 6.45) is -10.6. The van der Waals surface area contributed by atoms with E-state index in [2.05, 4.69) is 4.74 Å². The van der Waals surface area contributed by atoms with Crippen LogP contribution in [0, 0.1) is 10.1 Å². The fraction of sp³-hybridized carbons (Fsp3) is 0.500. The minimum atomic E-state index is -6.47. The van der Waals surface area contributed by atoms with Gasteiger partial charge in [0.05, 0.1) is 16.6 Å². The third-order valence-corrected chi connectivity index (χ3v) is 3.02. The molecule has 0 spiro atoms. The number of rotatable bonds is 6. The maximum Gasteiger partial charge on any atom is 0.459 e. The summed E-state index contributed by atoms with van der Waals surface area (Å²) in [5.74, 6) is -11.8. The van der Waals surface area contributed by atoms with E-state index in [0.29, 0.717) is 0 Å². The number of benzene rings is 1. The van der Waals surface area contributed by atoms with Gasteiger partial charge in [-0.1, -0.05) is 12.1 Å². The van der Waals surface area contributed by atoms with Crippen LogP contribution in [0.2, 0.25) is 0 Å². The Morgan fingerprint density at radius 3 is 2.09 bits per heavy atom. The van der Waals surface area contributed by atoms with Crippen LogP contribution in [0.3, 0.4) is 0 Å². The number of hydrogen-bond donors (Lipinski definition) is 0. The molecule has 0 heterocycles. The van der Waals surface area contributed by atoms with Gasteiger partial charge in [0.15, 0.2) is 0 Å². The fourth-order valence-corrected chi connectivity index (χ4v) is 1.81. The molecular weight excluding hydrogens is 339 g/mol. The number of hydrogen-bond acceptors (Lipinski definition) is 3. The molecule has 0 saturated heterocycles. The molecule has 0 aliphatic carbocycles. The Bertz CT molecular complexity index is 574. The van der Waals surface area contributed by atoms with Crippen molar-refractivity contribution in [2.75, 3.05) is 7.11 Å². The maximum atomic E-state index is 13.4. The molecule has 0 aliphatic rings. The molecule has 4 nitrogen and oxygen atoms in total. The van der Waals surface area contributed by atoms with Gasteiger partial charge in [-0.3, -0.25) is 10.1 Å². The minimum absolute atomic E-state index is 0.530. The summed E-state index contributed by atoms with van der Waals surface area (Å²) in [4.78, 5) is 9.81. The average Bonchev–Trinajstić information content (AvgIpc) is 2.43. The highest BCUT2D eigenvalue weighted by molar-refractivity contribution is 5.41. The van der Waals surface area contributed by atoms with E-state index in [1.165, 1.54) is 12.1 Å². The van der Waals surface area contributed by atoms with Crippen molar-refractivity contribution in [3.63, 3.8) is 0 Å². The summed E-state index contributed by atoms with van der Waals surface area (Å²) in [5.41, 5.74) is -1.26. The average molecular weight is 349 g/mol. The summed E-state index contributed by atoms with van der Waals surface area (Å²) in [7, 11) is 0.767. The molecule has 0 aliphatic heterocycles. The van der Waals surface area contributed by atoms with Crippen LogP contribution in [0.4, 0.5) is 36.4 Å². The van der Waals surface area contributed by atoms with Crippen LogP contribution in [0.25, 0.3) is 0 Å². The van der Waals surface area contributed by atoms with Gasteiger partial charge in [0.1, 0.15) is 0 Å². The monoisotopic (exact) mass is 349 g/mol. The lowest BCUT2D eigenvalue weighted by Gasteiger charge is -2.30. The topological polar surface area (TPSA) is 52.4 Å². The van der Waals surface area contributed by atoms with E-state index < -0.39 is 46.7 Å². The van der Waals surface area contributed by atoms with Crippen LogP contribution in [0.5, 0.6) is 0 Å². The predicted molar refractivity (Wildman–Crippen MR) is 63.4 cm³/mol. The number of halogens is 7. The van der Waals surface area contributed by atoms with Gasteiger partial charge in [-0.15, -0.1) is 0 Å². The van der Waals surface area contributed by atoms with Gasteiger partial charge in [0.25, 0.3) is 5.69 Å². The zero-order valence-electron chi connectivity index (χ0n) is 11.4. The first-order valence-electron chi connectivity index (χ1n) is 5.93. The summed E-state index contributed by atoms with van der Waals surface area (Å²) < 4.78 is 93.5. The Morgan fingerprint density at radius 2 is 1.65 bits per heavy atom. The molecular formula is C12H10F7NO3. The lowest BCUT2D eigenvalue weighted by Crippen LogP contribution is -2.52. The Morgan fingerprint density at radius 1 is 1.13 bits per heavy atom. The first-order chi connectivity index (χ1) is 10.3. The van der Waals surface area contributed by atoms with Crippen molar-refractivity contribution in [3.8, 4) is 0 Å². The zero-order valence-corrected chi connectivity index (χ0v) is 11.4. The first kappa shape index (κ1) is 19.1. The molecule has 1 rings (SSSR count). The largest absolute Gasteiger partial charge is 0.459 e. The molecule has 23 heavy (non-hydrogen) atoms. The molecule has 1 aromatic carbocycles. The van der Waals surface area contributed by atoms with Crippen molar-refractivity contribution in [2.45, 2.75) is 30.5 Å². The van der Waals surface area contributed by atoms with Crippen LogP contribution in [-0.2, 0) is 4.74 Å². The number of para-hydroxylation sites is 1. The quantitative estimate of drug-likeness (QED) is 0.431. The van der Waals surface area contributed by atoms with E-state index in [4.69, 9.17) is 0 Å². The van der Waals surface area contributed by atoms with Crippen molar-refractivity contribution >= 4 is 5.69 Å². The number of alkyl halides is 7. The van der Waals surface area contributed by atoms with Crippen LogP contribution in [0.1, 0.15) is 18.1 Å². The number of nitro benzene ring substituents is 1. The SMILES string of the molecule is COC(CC(F)(F)C(F)(F)C(F)(F)F)c1ccccc1[N+](=O)[O-]. The lowest BCUT2D eigenvalue weighted by atomic mass is 9.97. The zero-order chi connectivity index (χ0) is 18.1. The van der Waals surface area contributed by atoms with Crippen molar-refractivity contribution in [3.05, 3.63) is 39.9 Å². The molecule has 130 valence electrons. The van der Waals surface area contributed by atoms with E-state index >= 15 is 0 Å². The van der Waals surface area contributed by atoms with E-state index in [1.54, 1.807) is 0 Å². The Balaban J connectivity index is 3.22. The molecule has 1 aromatic rings. The molecule has 0 radical (unpaired) electrons. The van der Waals surface area contributed by atoms with Gasteiger partial charge >= 0.3 is 18.0 Å². The smallest absolute Gasteiger partial charge is 0.376 e. The molecule has 0 fully saturated rings. The highest BCUT2D eigenvalue weighted by atomic mass is 19.4. The standard InChI is InChI=1S/C12H10F7NO3/c1-23-9(7-4-2-3-5-8(7)20(21)22)6-10(13,14)11(15,16)12(17,18)19/h2-5,9H,6H2,1H3. The maximum absolute atomic E-state index is 13.4. The molecule has 11 heteroatoms. The Hall–Kier alpha value is -1.91. The van der Waals surface area contributed by atoms with Gasteiger partial charge in [-0.2, -0.15) is 30.7 Å². The van der Waals surface area contributed by atoms with Gasteiger partial charge in [-0.25, -0.2) is 0 Å². The summed E-state index contributed by atoms with van der Waals surface area (Å²) in [6, 6.07) is 4.18. The first-order valence-corrected chi connectivity index (χ1v) is 5.93. The Kier molecular flexibility index (Phi) is 5.24. The van der Waals surface area contributed by atoms with Gasteiger partial charge < -0.3 is 4.74 Å². The molecule has 0 amide bonds. The van der Waals surface area contributed by atoms with Crippen LogP contribution < -0.4 is 0 Å². The molecule has 0 bridgehead atoms. The van der Waals surface area contributed by atoms with E-state index in [9.17, 15) is 40.8 Å². The van der Waals surface area contributed by atoms with Gasteiger partial charge in [0.2, 0.25) is 0 Å². The lowest BCUT2D eigenvalue weighted by molar-refractivity contribution is -0.386. The van der Waals surface area contributed by atoms with Crippen molar-refractivity contribution in [2.24, 2.45) is 0 Å². The Labute approximate surface area is 125 Å². The molecule has 0 aromatic heterocycles. The normalized spacial score (nSPS) is 14.6. The van der Waals surface area contributed by atoms with E-state index in [1.807, 2.05) is 0 Å². The molecule has 1 atom stereocenters. The molecule has 1 unspecified atom stereocenters. The van der Waals surface area contributed by atoms with Gasteiger partial charge in [0, 0.05) is 19.6 Å². The second kappa shape index (κ2) is 6.30. The summed E-state index contributed by atoms with van der Waals surface area (Å²) >= 11 is 0. The van der Waals surface area contributed by atoms with E-state index in [-0.39, 0.29) is 0 Å². The predicted octanol–water partition coefficient (Wildman–Crippen LogP) is 4.51. The van der Waals surface area contributed by atoms with Crippen molar-refractivity contribution < 1.29 is 40.4 Å².